The van der Waals surface area contributed by atoms with Gasteiger partial charge in [-0.3, -0.25) is 9.48 Å². The molecule has 1 aliphatic rings. The van der Waals surface area contributed by atoms with Crippen molar-refractivity contribution in [3.8, 4) is 0 Å². The minimum absolute atomic E-state index is 0.0478. The molecule has 0 spiro atoms. The lowest BCUT2D eigenvalue weighted by Gasteiger charge is -2.23. The molecule has 1 aliphatic carbocycles. The third-order valence-corrected chi connectivity index (χ3v) is 3.75. The number of halogens is 3. The molecule has 0 radical (unpaired) electrons. The fourth-order valence-electron chi connectivity index (χ4n) is 2.74. The quantitative estimate of drug-likeness (QED) is 0.922. The molecule has 21 heavy (non-hydrogen) atoms. The second kappa shape index (κ2) is 5.67. The van der Waals surface area contributed by atoms with Crippen LogP contribution in [0.3, 0.4) is 0 Å². The summed E-state index contributed by atoms with van der Waals surface area (Å²) in [5.41, 5.74) is -1.02. The average Bonchev–Trinajstić information content (AvgIpc) is 2.94. The second-order valence-electron chi connectivity index (χ2n) is 5.47. The summed E-state index contributed by atoms with van der Waals surface area (Å²) in [5, 5.41) is 13.1. The van der Waals surface area contributed by atoms with Crippen LogP contribution in [-0.2, 0) is 24.6 Å². The first kappa shape index (κ1) is 15.8. The van der Waals surface area contributed by atoms with Crippen LogP contribution < -0.4 is 0 Å². The molecular formula is C13H18F3N3O2. The fourth-order valence-corrected chi connectivity index (χ4v) is 2.74. The zero-order valence-corrected chi connectivity index (χ0v) is 11.9. The van der Waals surface area contributed by atoms with E-state index < -0.39 is 23.9 Å². The Labute approximate surface area is 120 Å². The van der Waals surface area contributed by atoms with Gasteiger partial charge in [-0.05, 0) is 19.3 Å². The molecule has 1 amide bonds. The summed E-state index contributed by atoms with van der Waals surface area (Å²) in [7, 11) is 2.85. The number of rotatable bonds is 3. The highest BCUT2D eigenvalue weighted by molar-refractivity contribution is 5.79. The summed E-state index contributed by atoms with van der Waals surface area (Å²) in [6.07, 6.45) is -2.10. The van der Waals surface area contributed by atoms with Gasteiger partial charge < -0.3 is 10.0 Å². The molecule has 1 heterocycles. The van der Waals surface area contributed by atoms with E-state index in [1.54, 1.807) is 0 Å². The number of aryl methyl sites for hydroxylation is 1. The Morgan fingerprint density at radius 1 is 1.52 bits per heavy atom. The first-order valence-electron chi connectivity index (χ1n) is 6.73. The molecule has 118 valence electrons. The van der Waals surface area contributed by atoms with Gasteiger partial charge in [-0.2, -0.15) is 18.3 Å². The minimum Gasteiger partial charge on any atom is -0.392 e. The predicted molar refractivity (Wildman–Crippen MR) is 68.0 cm³/mol. The second-order valence-corrected chi connectivity index (χ2v) is 5.47. The lowest BCUT2D eigenvalue weighted by molar-refractivity contribution is -0.144. The van der Waals surface area contributed by atoms with Gasteiger partial charge in [0.05, 0.1) is 12.0 Å². The lowest BCUT2D eigenvalue weighted by Crippen LogP contribution is -2.36. The molecule has 1 aromatic heterocycles. The molecule has 1 N–H and O–H groups in total. The number of hydrogen-bond donors (Lipinski definition) is 1. The van der Waals surface area contributed by atoms with Crippen molar-refractivity contribution in [2.24, 2.45) is 13.0 Å². The molecule has 5 nitrogen and oxygen atoms in total. The van der Waals surface area contributed by atoms with Crippen LogP contribution in [0, 0.1) is 5.92 Å². The van der Waals surface area contributed by atoms with Crippen LogP contribution in [0.2, 0.25) is 0 Å². The summed E-state index contributed by atoms with van der Waals surface area (Å²) in [4.78, 5) is 13.4. The maximum atomic E-state index is 12.9. The normalized spacial score (nSPS) is 22.6. The summed E-state index contributed by atoms with van der Waals surface area (Å²) >= 11 is 0. The van der Waals surface area contributed by atoms with Gasteiger partial charge in [0, 0.05) is 32.4 Å². The third-order valence-electron chi connectivity index (χ3n) is 3.75. The Kier molecular flexibility index (Phi) is 4.27. The standard InChI is InChI=1S/C13H18F3N3O2/c1-18(12(21)9-4-3-5-10(9)20)6-8-7-19(2)17-11(8)13(14,15)16/h7,9-10,20H,3-6H2,1-2H3. The summed E-state index contributed by atoms with van der Waals surface area (Å²) in [6.45, 7) is -0.176. The number of carbonyl (C=O) groups excluding carboxylic acids is 1. The van der Waals surface area contributed by atoms with Gasteiger partial charge in [0.2, 0.25) is 5.91 Å². The summed E-state index contributed by atoms with van der Waals surface area (Å²) < 4.78 is 39.7. The predicted octanol–water partition coefficient (Wildman–Crippen LogP) is 1.56. The van der Waals surface area contributed by atoms with Crippen LogP contribution in [0.1, 0.15) is 30.5 Å². The monoisotopic (exact) mass is 305 g/mol. The van der Waals surface area contributed by atoms with Gasteiger partial charge in [0.1, 0.15) is 0 Å². The van der Waals surface area contributed by atoms with E-state index in [-0.39, 0.29) is 18.0 Å². The van der Waals surface area contributed by atoms with E-state index in [4.69, 9.17) is 0 Å². The van der Waals surface area contributed by atoms with Gasteiger partial charge in [0.15, 0.2) is 5.69 Å². The van der Waals surface area contributed by atoms with Crippen molar-refractivity contribution in [3.63, 3.8) is 0 Å². The van der Waals surface area contributed by atoms with Crippen LogP contribution in [0.4, 0.5) is 13.2 Å². The molecule has 2 rings (SSSR count). The number of hydrogen-bond acceptors (Lipinski definition) is 3. The Morgan fingerprint density at radius 2 is 2.19 bits per heavy atom. The topological polar surface area (TPSA) is 58.4 Å². The molecule has 0 aliphatic heterocycles. The molecule has 1 aromatic rings. The first-order chi connectivity index (χ1) is 9.70. The molecule has 8 heteroatoms. The average molecular weight is 305 g/mol. The van der Waals surface area contributed by atoms with Crippen molar-refractivity contribution in [3.05, 3.63) is 17.5 Å². The number of aromatic nitrogens is 2. The Hall–Kier alpha value is -1.57. The van der Waals surface area contributed by atoms with Gasteiger partial charge in [-0.25, -0.2) is 0 Å². The van der Waals surface area contributed by atoms with E-state index in [1.165, 1.54) is 25.2 Å². The number of aliphatic hydroxyl groups is 1. The van der Waals surface area contributed by atoms with Crippen molar-refractivity contribution in [2.75, 3.05) is 7.05 Å². The zero-order valence-electron chi connectivity index (χ0n) is 11.9. The van der Waals surface area contributed by atoms with E-state index in [9.17, 15) is 23.1 Å². The van der Waals surface area contributed by atoms with Crippen LogP contribution in [0.5, 0.6) is 0 Å². The third kappa shape index (κ3) is 3.37. The van der Waals surface area contributed by atoms with Crippen LogP contribution in [0.25, 0.3) is 0 Å². The first-order valence-corrected chi connectivity index (χ1v) is 6.73. The van der Waals surface area contributed by atoms with Gasteiger partial charge in [0.25, 0.3) is 0 Å². The Balaban J connectivity index is 2.13. The van der Waals surface area contributed by atoms with Gasteiger partial charge >= 0.3 is 6.18 Å². The smallest absolute Gasteiger partial charge is 0.392 e. The van der Waals surface area contributed by atoms with E-state index in [1.807, 2.05) is 0 Å². The molecule has 2 unspecified atom stereocenters. The van der Waals surface area contributed by atoms with E-state index >= 15 is 0 Å². The van der Waals surface area contributed by atoms with Crippen LogP contribution in [-0.4, -0.2) is 38.8 Å². The molecule has 1 saturated carbocycles. The van der Waals surface area contributed by atoms with Crippen molar-refractivity contribution in [1.82, 2.24) is 14.7 Å². The largest absolute Gasteiger partial charge is 0.435 e. The highest BCUT2D eigenvalue weighted by Crippen LogP contribution is 2.32. The summed E-state index contributed by atoms with van der Waals surface area (Å²) in [6, 6.07) is 0. The van der Waals surface area contributed by atoms with E-state index in [2.05, 4.69) is 5.10 Å². The van der Waals surface area contributed by atoms with Crippen molar-refractivity contribution < 1.29 is 23.1 Å². The van der Waals surface area contributed by atoms with Crippen LogP contribution in [0.15, 0.2) is 6.20 Å². The van der Waals surface area contributed by atoms with Crippen molar-refractivity contribution in [2.45, 2.75) is 38.1 Å². The summed E-state index contributed by atoms with van der Waals surface area (Å²) in [5.74, 6) is -0.835. The van der Waals surface area contributed by atoms with E-state index in [0.29, 0.717) is 12.8 Å². The Morgan fingerprint density at radius 3 is 2.71 bits per heavy atom. The Bertz CT molecular complexity index is 527. The fraction of sp³-hybridized carbons (Fsp3) is 0.692. The molecule has 0 bridgehead atoms. The number of amides is 1. The maximum Gasteiger partial charge on any atom is 0.435 e. The van der Waals surface area contributed by atoms with Gasteiger partial charge in [-0.15, -0.1) is 0 Å². The molecular weight excluding hydrogens is 287 g/mol. The van der Waals surface area contributed by atoms with Crippen molar-refractivity contribution >= 4 is 5.91 Å². The van der Waals surface area contributed by atoms with Crippen molar-refractivity contribution in [1.29, 1.82) is 0 Å². The number of nitrogens with zero attached hydrogens (tertiary/aromatic N) is 3. The number of aliphatic hydroxyl groups excluding tert-OH is 1. The highest BCUT2D eigenvalue weighted by Gasteiger charge is 2.38. The highest BCUT2D eigenvalue weighted by atomic mass is 19.4. The maximum absolute atomic E-state index is 12.9. The molecule has 0 aromatic carbocycles. The minimum atomic E-state index is -4.55. The molecule has 2 atom stereocenters. The zero-order chi connectivity index (χ0) is 15.8. The van der Waals surface area contributed by atoms with Gasteiger partial charge in [-0.1, -0.05) is 0 Å². The molecule has 1 fully saturated rings. The lowest BCUT2D eigenvalue weighted by atomic mass is 10.0. The number of carbonyl (C=O) groups is 1. The van der Waals surface area contributed by atoms with Crippen LogP contribution >= 0.6 is 0 Å². The number of alkyl halides is 3. The SMILES string of the molecule is CN(Cc1cn(C)nc1C(F)(F)F)C(=O)C1CCCC1O. The van der Waals surface area contributed by atoms with E-state index in [0.717, 1.165) is 11.1 Å². The molecule has 0 saturated heterocycles.